The molecule has 0 aliphatic carbocycles. The van der Waals surface area contributed by atoms with Crippen molar-refractivity contribution in [3.05, 3.63) is 20.1 Å². The molecule has 1 N–H and O–H groups in total. The van der Waals surface area contributed by atoms with Gasteiger partial charge in [0.15, 0.2) is 0 Å². The summed E-state index contributed by atoms with van der Waals surface area (Å²) in [4.78, 5) is 0. The van der Waals surface area contributed by atoms with E-state index in [9.17, 15) is 0 Å². The number of hydrogen-bond donors (Lipinski definition) is 1. The Morgan fingerprint density at radius 1 is 1.67 bits per heavy atom. The maximum absolute atomic E-state index is 7.76. The Balaban J connectivity index is -0.0000000450. The van der Waals surface area contributed by atoms with Gasteiger partial charge in [0.1, 0.15) is 0 Å². The monoisotopic (exact) mass is 112 g/mol. The van der Waals surface area contributed by atoms with Crippen LogP contribution < -0.4 is 51.4 Å². The minimum absolute atomic E-state index is 0. The Labute approximate surface area is 81.9 Å². The van der Waals surface area contributed by atoms with Crippen molar-refractivity contribution in [2.75, 3.05) is 6.61 Å². The fourth-order valence-electron chi connectivity index (χ4n) is 0. The maximum Gasteiger partial charge on any atom is 1.00 e. The van der Waals surface area contributed by atoms with Gasteiger partial charge in [-0.2, -0.15) is 0 Å². The van der Waals surface area contributed by atoms with Gasteiger partial charge in [-0.05, 0) is 0 Å². The number of rotatable bonds is 1. The van der Waals surface area contributed by atoms with Crippen LogP contribution in [0.2, 0.25) is 0 Å². The van der Waals surface area contributed by atoms with Crippen LogP contribution in [0.5, 0.6) is 0 Å². The molecule has 0 aliphatic rings. The van der Waals surface area contributed by atoms with Gasteiger partial charge in [0.25, 0.3) is 0 Å². The third-order valence-corrected chi connectivity index (χ3v) is 0.129. The van der Waals surface area contributed by atoms with Gasteiger partial charge in [0.05, 0.1) is 6.61 Å². The van der Waals surface area contributed by atoms with Crippen LogP contribution in [0.4, 0.5) is 0 Å². The molecule has 0 aliphatic heterocycles. The normalized spacial score (nSPS) is 4.17. The predicted octanol–water partition coefficient (Wildman–Crippen LogP) is -2.38. The number of aliphatic hydroxyl groups excluding tert-OH is 1. The molecule has 0 bridgehead atoms. The summed E-state index contributed by atoms with van der Waals surface area (Å²) in [6.45, 7) is 3.31. The van der Waals surface area contributed by atoms with E-state index in [0.717, 1.165) is 0 Å². The summed E-state index contributed by atoms with van der Waals surface area (Å²) in [6.07, 6.45) is 1.43. The summed E-state index contributed by atoms with van der Waals surface area (Å²) >= 11 is 0. The van der Waals surface area contributed by atoms with E-state index in [-0.39, 0.29) is 65.4 Å². The topological polar surface area (TPSA) is 20.2 Å². The first kappa shape index (κ1) is 15.7. The largest absolute Gasteiger partial charge is 1.00 e. The standard InChI is InChI=1S/C3H6O.CH3.K/c1-2-3-4;;/h2,4H,1,3H2;1H3;/q;-1;+1. The Morgan fingerprint density at radius 2 is 1.83 bits per heavy atom. The minimum Gasteiger partial charge on any atom is -0.392 e. The zero-order chi connectivity index (χ0) is 3.41. The Morgan fingerprint density at radius 3 is 1.83 bits per heavy atom. The van der Waals surface area contributed by atoms with Crippen LogP contribution in [0, 0.1) is 7.43 Å². The molecule has 2 heteroatoms. The first-order valence-corrected chi connectivity index (χ1v) is 1.13. The average molecular weight is 112 g/mol. The molecule has 32 valence electrons. The van der Waals surface area contributed by atoms with Crippen molar-refractivity contribution < 1.29 is 56.5 Å². The van der Waals surface area contributed by atoms with Crippen LogP contribution in [-0.2, 0) is 0 Å². The van der Waals surface area contributed by atoms with E-state index in [2.05, 4.69) is 6.58 Å². The van der Waals surface area contributed by atoms with E-state index in [4.69, 9.17) is 5.11 Å². The molecule has 0 saturated carbocycles. The van der Waals surface area contributed by atoms with E-state index in [1.807, 2.05) is 0 Å². The third kappa shape index (κ3) is 18.4. The summed E-state index contributed by atoms with van der Waals surface area (Å²) in [5, 5.41) is 7.76. The first-order chi connectivity index (χ1) is 1.91. The quantitative estimate of drug-likeness (QED) is 0.228. The van der Waals surface area contributed by atoms with Crippen molar-refractivity contribution in [3.8, 4) is 0 Å². The molecule has 0 saturated heterocycles. The molecule has 0 radical (unpaired) electrons. The molecular weight excluding hydrogens is 103 g/mol. The van der Waals surface area contributed by atoms with Crippen molar-refractivity contribution in [2.24, 2.45) is 0 Å². The molecule has 0 aromatic rings. The van der Waals surface area contributed by atoms with Crippen LogP contribution >= 0.6 is 0 Å². The molecule has 0 amide bonds. The Kier molecular flexibility index (Phi) is 42.3. The summed E-state index contributed by atoms with van der Waals surface area (Å²) < 4.78 is 0. The zero-order valence-corrected chi connectivity index (χ0v) is 7.56. The average Bonchev–Trinajstić information content (AvgIpc) is 1.37. The second kappa shape index (κ2) is 16.2. The van der Waals surface area contributed by atoms with Gasteiger partial charge in [0.2, 0.25) is 0 Å². The van der Waals surface area contributed by atoms with Gasteiger partial charge in [-0.15, -0.1) is 6.58 Å². The van der Waals surface area contributed by atoms with Crippen LogP contribution in [0.15, 0.2) is 12.7 Å². The molecule has 0 rings (SSSR count). The summed E-state index contributed by atoms with van der Waals surface area (Å²) in [6, 6.07) is 0. The van der Waals surface area contributed by atoms with E-state index in [1.54, 1.807) is 0 Å². The van der Waals surface area contributed by atoms with Crippen molar-refractivity contribution in [1.29, 1.82) is 0 Å². The zero-order valence-electron chi connectivity index (χ0n) is 4.44. The molecule has 0 aromatic heterocycles. The molecular formula is C4H9KO. The second-order valence-electron chi connectivity index (χ2n) is 0.471. The fraction of sp³-hybridized carbons (Fsp3) is 0.250. The van der Waals surface area contributed by atoms with Crippen LogP contribution in [-0.4, -0.2) is 11.7 Å². The fourth-order valence-corrected chi connectivity index (χ4v) is 0. The summed E-state index contributed by atoms with van der Waals surface area (Å²) in [5.74, 6) is 0. The van der Waals surface area contributed by atoms with E-state index in [0.29, 0.717) is 0 Å². The van der Waals surface area contributed by atoms with Crippen LogP contribution in [0.25, 0.3) is 0 Å². The molecule has 1 nitrogen and oxygen atoms in total. The van der Waals surface area contributed by atoms with Crippen molar-refractivity contribution in [2.45, 2.75) is 0 Å². The van der Waals surface area contributed by atoms with Gasteiger partial charge >= 0.3 is 51.4 Å². The van der Waals surface area contributed by atoms with Gasteiger partial charge in [-0.1, -0.05) is 6.08 Å². The molecule has 6 heavy (non-hydrogen) atoms. The molecule has 0 fully saturated rings. The molecule has 0 atom stereocenters. The molecule has 0 aromatic carbocycles. The van der Waals surface area contributed by atoms with Crippen molar-refractivity contribution in [1.82, 2.24) is 0 Å². The minimum atomic E-state index is 0. The predicted molar refractivity (Wildman–Crippen MR) is 23.7 cm³/mol. The molecule has 0 spiro atoms. The molecule has 0 heterocycles. The maximum atomic E-state index is 7.76. The number of aliphatic hydroxyl groups is 1. The third-order valence-electron chi connectivity index (χ3n) is 0.129. The van der Waals surface area contributed by atoms with Gasteiger partial charge < -0.3 is 12.5 Å². The van der Waals surface area contributed by atoms with Gasteiger partial charge in [0, 0.05) is 0 Å². The van der Waals surface area contributed by atoms with Crippen molar-refractivity contribution in [3.63, 3.8) is 0 Å². The summed E-state index contributed by atoms with van der Waals surface area (Å²) in [5.41, 5.74) is 0. The van der Waals surface area contributed by atoms with E-state index >= 15 is 0 Å². The van der Waals surface area contributed by atoms with Gasteiger partial charge in [-0.25, -0.2) is 0 Å². The first-order valence-electron chi connectivity index (χ1n) is 1.13. The SMILES string of the molecule is C=CCO.[CH3-].[K+]. The van der Waals surface area contributed by atoms with Crippen molar-refractivity contribution >= 4 is 0 Å². The van der Waals surface area contributed by atoms with Crippen LogP contribution in [0.3, 0.4) is 0 Å². The second-order valence-corrected chi connectivity index (χ2v) is 0.471. The van der Waals surface area contributed by atoms with Crippen LogP contribution in [0.1, 0.15) is 0 Å². The number of hydrogen-bond acceptors (Lipinski definition) is 1. The molecule has 0 unspecified atom stereocenters. The smallest absolute Gasteiger partial charge is 0.392 e. The Bertz CT molecular complexity index is 21.5. The van der Waals surface area contributed by atoms with E-state index < -0.39 is 0 Å². The van der Waals surface area contributed by atoms with E-state index in [1.165, 1.54) is 6.08 Å². The Hall–Kier alpha value is 1.34. The van der Waals surface area contributed by atoms with Gasteiger partial charge in [-0.3, -0.25) is 0 Å². The summed E-state index contributed by atoms with van der Waals surface area (Å²) in [7, 11) is 0.